The lowest BCUT2D eigenvalue weighted by Crippen LogP contribution is -2.38. The molecule has 0 aliphatic carbocycles. The first-order valence-corrected chi connectivity index (χ1v) is 6.79. The largest absolute Gasteiger partial charge is 0.392 e. The minimum absolute atomic E-state index is 0.0294. The summed E-state index contributed by atoms with van der Waals surface area (Å²) in [5.41, 5.74) is 4.58. The summed E-state index contributed by atoms with van der Waals surface area (Å²) in [6, 6.07) is 1.83. The Morgan fingerprint density at radius 1 is 1.56 bits per heavy atom. The Morgan fingerprint density at radius 2 is 2.28 bits per heavy atom. The maximum Gasteiger partial charge on any atom is 0.329 e. The summed E-state index contributed by atoms with van der Waals surface area (Å²) in [5.74, 6) is 0. The summed E-state index contributed by atoms with van der Waals surface area (Å²) in [4.78, 5) is 28.4. The molecule has 0 spiro atoms. The van der Waals surface area contributed by atoms with E-state index >= 15 is 0 Å². The predicted molar refractivity (Wildman–Crippen MR) is 77.5 cm³/mol. The lowest BCUT2D eigenvalue weighted by molar-refractivity contribution is 0.753. The molecule has 18 heavy (non-hydrogen) atoms. The number of thiocarbonyl (C=S) groups is 1. The molecule has 2 aromatic heterocycles. The van der Waals surface area contributed by atoms with Crippen molar-refractivity contribution in [3.8, 4) is 0 Å². The van der Waals surface area contributed by atoms with Crippen molar-refractivity contribution < 1.29 is 0 Å². The van der Waals surface area contributed by atoms with Crippen LogP contribution in [-0.4, -0.2) is 14.5 Å². The van der Waals surface area contributed by atoms with E-state index < -0.39 is 5.69 Å². The van der Waals surface area contributed by atoms with E-state index in [-0.39, 0.29) is 17.1 Å². The highest BCUT2D eigenvalue weighted by Crippen LogP contribution is 2.21. The van der Waals surface area contributed by atoms with Crippen LogP contribution in [0.15, 0.2) is 15.7 Å². The Labute approximate surface area is 112 Å². The van der Waals surface area contributed by atoms with Crippen LogP contribution in [0.1, 0.15) is 18.2 Å². The molecule has 5 nitrogen and oxygen atoms in total. The molecule has 96 valence electrons. The van der Waals surface area contributed by atoms with Gasteiger partial charge in [0.15, 0.2) is 0 Å². The molecule has 0 aliphatic heterocycles. The van der Waals surface area contributed by atoms with Crippen LogP contribution in [0.3, 0.4) is 0 Å². The van der Waals surface area contributed by atoms with Gasteiger partial charge in [0.05, 0.1) is 16.9 Å². The average molecular weight is 283 g/mol. The summed E-state index contributed by atoms with van der Waals surface area (Å²) in [6.07, 6.45) is 1.90. The Morgan fingerprint density at radius 3 is 2.89 bits per heavy atom. The standard InChI is InChI=1S/C11H13N3O2S2/c1-2-3-6-4-7-9(18-6)13-11(16)14(10(7)15)5-8(12)17/h4H,2-3,5H2,1H3,(H2,12,17)(H,13,16). The van der Waals surface area contributed by atoms with Crippen LogP contribution < -0.4 is 17.0 Å². The van der Waals surface area contributed by atoms with Gasteiger partial charge >= 0.3 is 5.69 Å². The molecule has 0 amide bonds. The van der Waals surface area contributed by atoms with Gasteiger partial charge in [-0.2, -0.15) is 0 Å². The Bertz CT molecular complexity index is 711. The molecular weight excluding hydrogens is 270 g/mol. The number of nitrogens with two attached hydrogens (primary N) is 1. The van der Waals surface area contributed by atoms with E-state index in [0.29, 0.717) is 10.2 Å². The van der Waals surface area contributed by atoms with Crippen molar-refractivity contribution in [2.24, 2.45) is 5.73 Å². The van der Waals surface area contributed by atoms with Crippen molar-refractivity contribution in [2.45, 2.75) is 26.3 Å². The maximum absolute atomic E-state index is 12.1. The van der Waals surface area contributed by atoms with Crippen molar-refractivity contribution >= 4 is 38.8 Å². The third kappa shape index (κ3) is 2.37. The monoisotopic (exact) mass is 283 g/mol. The second kappa shape index (κ2) is 5.03. The number of nitrogens with zero attached hydrogens (tertiary/aromatic N) is 1. The van der Waals surface area contributed by atoms with Gasteiger partial charge in [-0.25, -0.2) is 4.79 Å². The fraction of sp³-hybridized carbons (Fsp3) is 0.364. The first-order valence-electron chi connectivity index (χ1n) is 5.56. The molecular formula is C11H13N3O2S2. The first kappa shape index (κ1) is 13.0. The number of hydrogen-bond donors (Lipinski definition) is 2. The molecule has 2 aromatic rings. The molecule has 0 unspecified atom stereocenters. The van der Waals surface area contributed by atoms with Crippen LogP contribution in [0.25, 0.3) is 10.2 Å². The highest BCUT2D eigenvalue weighted by molar-refractivity contribution is 7.80. The molecule has 2 heterocycles. The highest BCUT2D eigenvalue weighted by atomic mass is 32.1. The molecule has 2 rings (SSSR count). The summed E-state index contributed by atoms with van der Waals surface area (Å²) >= 11 is 6.18. The smallest absolute Gasteiger partial charge is 0.329 e. The number of rotatable bonds is 4. The normalized spacial score (nSPS) is 10.9. The van der Waals surface area contributed by atoms with Crippen LogP contribution in [0, 0.1) is 0 Å². The summed E-state index contributed by atoms with van der Waals surface area (Å²) in [6.45, 7) is 2.04. The Balaban J connectivity index is 2.65. The topological polar surface area (TPSA) is 80.9 Å². The van der Waals surface area contributed by atoms with Gasteiger partial charge in [-0.05, 0) is 12.5 Å². The summed E-state index contributed by atoms with van der Waals surface area (Å²) in [7, 11) is 0. The Hall–Kier alpha value is -1.47. The van der Waals surface area contributed by atoms with Crippen LogP contribution >= 0.6 is 23.6 Å². The molecule has 0 atom stereocenters. The second-order valence-corrected chi connectivity index (χ2v) is 5.65. The SMILES string of the molecule is CCCc1cc2c(=O)n(CC(N)=S)c(=O)[nH]c2s1. The van der Waals surface area contributed by atoms with Gasteiger partial charge in [-0.15, -0.1) is 11.3 Å². The third-order valence-electron chi connectivity index (χ3n) is 2.53. The van der Waals surface area contributed by atoms with Gasteiger partial charge in [-0.3, -0.25) is 14.3 Å². The van der Waals surface area contributed by atoms with Gasteiger partial charge in [0.25, 0.3) is 5.56 Å². The Kier molecular flexibility index (Phi) is 3.63. The molecule has 0 bridgehead atoms. The maximum atomic E-state index is 12.1. The lowest BCUT2D eigenvalue weighted by Gasteiger charge is -2.01. The van der Waals surface area contributed by atoms with Crippen molar-refractivity contribution in [3.05, 3.63) is 31.8 Å². The van der Waals surface area contributed by atoms with Crippen LogP contribution in [0.5, 0.6) is 0 Å². The van der Waals surface area contributed by atoms with Gasteiger partial charge in [-0.1, -0.05) is 25.6 Å². The summed E-state index contributed by atoms with van der Waals surface area (Å²) in [5, 5.41) is 0.527. The first-order chi connectivity index (χ1) is 8.52. The molecule has 0 saturated carbocycles. The average Bonchev–Trinajstić information content (AvgIpc) is 2.67. The van der Waals surface area contributed by atoms with Crippen molar-refractivity contribution in [2.75, 3.05) is 0 Å². The van der Waals surface area contributed by atoms with Gasteiger partial charge in [0.1, 0.15) is 4.83 Å². The molecule has 0 aromatic carbocycles. The zero-order valence-corrected chi connectivity index (χ0v) is 11.5. The fourth-order valence-corrected chi connectivity index (χ4v) is 3.03. The molecule has 0 fully saturated rings. The van der Waals surface area contributed by atoms with Crippen LogP contribution in [0.4, 0.5) is 0 Å². The van der Waals surface area contributed by atoms with E-state index in [1.807, 2.05) is 6.07 Å². The molecule has 0 saturated heterocycles. The number of fused-ring (bicyclic) bond motifs is 1. The highest BCUT2D eigenvalue weighted by Gasteiger charge is 2.11. The number of aromatic nitrogens is 2. The quantitative estimate of drug-likeness (QED) is 0.820. The minimum atomic E-state index is -0.467. The number of hydrogen-bond acceptors (Lipinski definition) is 4. The predicted octanol–water partition coefficient (Wildman–Crippen LogP) is 0.990. The van der Waals surface area contributed by atoms with Crippen LogP contribution in [-0.2, 0) is 13.0 Å². The molecule has 0 radical (unpaired) electrons. The second-order valence-electron chi connectivity index (χ2n) is 3.99. The fourth-order valence-electron chi connectivity index (χ4n) is 1.77. The van der Waals surface area contributed by atoms with E-state index in [1.54, 1.807) is 0 Å². The third-order valence-corrected chi connectivity index (χ3v) is 3.77. The van der Waals surface area contributed by atoms with E-state index in [2.05, 4.69) is 11.9 Å². The van der Waals surface area contributed by atoms with E-state index in [1.165, 1.54) is 11.3 Å². The number of aryl methyl sites for hydroxylation is 1. The van der Waals surface area contributed by atoms with Crippen molar-refractivity contribution in [1.29, 1.82) is 0 Å². The number of aromatic amines is 1. The molecule has 3 N–H and O–H groups in total. The number of H-pyrrole nitrogens is 1. The number of nitrogens with one attached hydrogen (secondary N) is 1. The van der Waals surface area contributed by atoms with E-state index in [4.69, 9.17) is 18.0 Å². The van der Waals surface area contributed by atoms with E-state index in [0.717, 1.165) is 22.3 Å². The van der Waals surface area contributed by atoms with Crippen LogP contribution in [0.2, 0.25) is 0 Å². The van der Waals surface area contributed by atoms with Gasteiger partial charge < -0.3 is 5.73 Å². The summed E-state index contributed by atoms with van der Waals surface area (Å²) < 4.78 is 1.03. The lowest BCUT2D eigenvalue weighted by atomic mass is 10.2. The molecule has 7 heteroatoms. The number of thiophene rings is 1. The van der Waals surface area contributed by atoms with Crippen molar-refractivity contribution in [3.63, 3.8) is 0 Å². The molecule has 0 aliphatic rings. The van der Waals surface area contributed by atoms with Crippen molar-refractivity contribution in [1.82, 2.24) is 9.55 Å². The zero-order valence-electron chi connectivity index (χ0n) is 9.86. The van der Waals surface area contributed by atoms with Gasteiger partial charge in [0.2, 0.25) is 0 Å². The van der Waals surface area contributed by atoms with Gasteiger partial charge in [0, 0.05) is 4.88 Å². The zero-order chi connectivity index (χ0) is 13.3. The minimum Gasteiger partial charge on any atom is -0.392 e. The van der Waals surface area contributed by atoms with E-state index in [9.17, 15) is 9.59 Å².